The van der Waals surface area contributed by atoms with Crippen molar-refractivity contribution in [3.63, 3.8) is 0 Å². The highest BCUT2D eigenvalue weighted by molar-refractivity contribution is 4.85. The normalized spacial score (nSPS) is 29.2. The van der Waals surface area contributed by atoms with Crippen molar-refractivity contribution < 1.29 is 0 Å². The summed E-state index contributed by atoms with van der Waals surface area (Å²) in [4.78, 5) is 0. The molecule has 13 heavy (non-hydrogen) atoms. The van der Waals surface area contributed by atoms with Crippen molar-refractivity contribution in [2.24, 2.45) is 11.8 Å². The van der Waals surface area contributed by atoms with E-state index in [1.807, 2.05) is 6.08 Å². The quantitative estimate of drug-likeness (QED) is 0.657. The maximum Gasteiger partial charge on any atom is 0.0134 e. The molecule has 76 valence electrons. The van der Waals surface area contributed by atoms with Gasteiger partial charge in [-0.1, -0.05) is 32.8 Å². The van der Waals surface area contributed by atoms with E-state index in [0.717, 1.165) is 24.4 Å². The number of hydrogen-bond acceptors (Lipinski definition) is 1. The summed E-state index contributed by atoms with van der Waals surface area (Å²) in [6, 6.07) is 0.742. The van der Waals surface area contributed by atoms with Crippen molar-refractivity contribution in [2.45, 2.75) is 45.6 Å². The van der Waals surface area contributed by atoms with Crippen molar-refractivity contribution in [3.05, 3.63) is 12.7 Å². The van der Waals surface area contributed by atoms with Gasteiger partial charge in [0.05, 0.1) is 0 Å². The molecule has 0 bridgehead atoms. The van der Waals surface area contributed by atoms with E-state index in [1.54, 1.807) is 0 Å². The van der Waals surface area contributed by atoms with Crippen molar-refractivity contribution >= 4 is 0 Å². The van der Waals surface area contributed by atoms with Gasteiger partial charge in [-0.15, -0.1) is 6.58 Å². The molecular weight excluding hydrogens is 158 g/mol. The first-order valence-corrected chi connectivity index (χ1v) is 5.60. The Balaban J connectivity index is 2.41. The molecule has 0 aliphatic heterocycles. The molecule has 1 aliphatic carbocycles. The average Bonchev–Trinajstić information content (AvgIpc) is 2.15. The molecule has 1 heteroatoms. The zero-order chi connectivity index (χ0) is 9.68. The highest BCUT2D eigenvalue weighted by atomic mass is 14.9. The highest BCUT2D eigenvalue weighted by Gasteiger charge is 2.26. The molecule has 0 saturated heterocycles. The zero-order valence-corrected chi connectivity index (χ0v) is 9.05. The first-order chi connectivity index (χ1) is 6.25. The number of nitrogens with one attached hydrogen (secondary N) is 1. The third-order valence-corrected chi connectivity index (χ3v) is 3.20. The summed E-state index contributed by atoms with van der Waals surface area (Å²) in [5, 5.41) is 3.58. The monoisotopic (exact) mass is 181 g/mol. The van der Waals surface area contributed by atoms with Crippen LogP contribution in [0.3, 0.4) is 0 Å². The lowest BCUT2D eigenvalue weighted by Gasteiger charge is -2.34. The number of rotatable bonds is 4. The summed E-state index contributed by atoms with van der Waals surface area (Å²) in [7, 11) is 0. The molecule has 0 heterocycles. The molecule has 0 aromatic rings. The Labute approximate surface area is 82.6 Å². The molecule has 1 fully saturated rings. The van der Waals surface area contributed by atoms with Crippen LogP contribution in [0.15, 0.2) is 12.7 Å². The summed E-state index contributed by atoms with van der Waals surface area (Å²) >= 11 is 0. The van der Waals surface area contributed by atoms with Gasteiger partial charge in [0.15, 0.2) is 0 Å². The molecule has 1 nitrogen and oxygen atoms in total. The summed E-state index contributed by atoms with van der Waals surface area (Å²) in [5.74, 6) is 1.70. The van der Waals surface area contributed by atoms with Gasteiger partial charge in [-0.05, 0) is 24.7 Å². The average molecular weight is 181 g/mol. The predicted octanol–water partition coefficient (Wildman–Crippen LogP) is 2.98. The standard InChI is InChI=1S/C12H23N/c1-4-9-13-12-8-6-5-7-11(12)10(2)3/h4,10-13H,1,5-9H2,2-3H3. The van der Waals surface area contributed by atoms with Crippen molar-refractivity contribution in [1.82, 2.24) is 5.32 Å². The van der Waals surface area contributed by atoms with Crippen LogP contribution in [0.25, 0.3) is 0 Å². The van der Waals surface area contributed by atoms with Crippen LogP contribution >= 0.6 is 0 Å². The third-order valence-electron chi connectivity index (χ3n) is 3.20. The van der Waals surface area contributed by atoms with Gasteiger partial charge in [-0.3, -0.25) is 0 Å². The number of hydrogen-bond donors (Lipinski definition) is 1. The Hall–Kier alpha value is -0.300. The fourth-order valence-corrected chi connectivity index (χ4v) is 2.45. The van der Waals surface area contributed by atoms with Gasteiger partial charge >= 0.3 is 0 Å². The Morgan fingerprint density at radius 3 is 2.69 bits per heavy atom. The van der Waals surface area contributed by atoms with E-state index in [9.17, 15) is 0 Å². The summed E-state index contributed by atoms with van der Waals surface area (Å²) in [6.45, 7) is 9.41. The Morgan fingerprint density at radius 1 is 1.38 bits per heavy atom. The molecule has 0 spiro atoms. The van der Waals surface area contributed by atoms with E-state index >= 15 is 0 Å². The van der Waals surface area contributed by atoms with Gasteiger partial charge in [-0.25, -0.2) is 0 Å². The molecule has 2 atom stereocenters. The van der Waals surface area contributed by atoms with Crippen molar-refractivity contribution in [1.29, 1.82) is 0 Å². The molecular formula is C12H23N. The Bertz CT molecular complexity index is 151. The topological polar surface area (TPSA) is 12.0 Å². The molecule has 0 amide bonds. The van der Waals surface area contributed by atoms with E-state index in [1.165, 1.54) is 25.7 Å². The van der Waals surface area contributed by atoms with Gasteiger partial charge in [0.1, 0.15) is 0 Å². The summed E-state index contributed by atoms with van der Waals surface area (Å²) < 4.78 is 0. The molecule has 0 radical (unpaired) electrons. The van der Waals surface area contributed by atoms with E-state index in [2.05, 4.69) is 25.7 Å². The minimum absolute atomic E-state index is 0.742. The largest absolute Gasteiger partial charge is 0.310 e. The summed E-state index contributed by atoms with van der Waals surface area (Å²) in [6.07, 6.45) is 7.56. The second-order valence-corrected chi connectivity index (χ2v) is 4.50. The minimum atomic E-state index is 0.742. The molecule has 0 aromatic carbocycles. The van der Waals surface area contributed by atoms with E-state index in [-0.39, 0.29) is 0 Å². The van der Waals surface area contributed by atoms with Crippen molar-refractivity contribution in [2.75, 3.05) is 6.54 Å². The van der Waals surface area contributed by atoms with Gasteiger partial charge < -0.3 is 5.32 Å². The van der Waals surface area contributed by atoms with Crippen LogP contribution in [0.5, 0.6) is 0 Å². The van der Waals surface area contributed by atoms with Gasteiger partial charge in [0.2, 0.25) is 0 Å². The fraction of sp³-hybridized carbons (Fsp3) is 0.833. The van der Waals surface area contributed by atoms with Crippen LogP contribution in [0.2, 0.25) is 0 Å². The lowest BCUT2D eigenvalue weighted by atomic mass is 9.78. The fourth-order valence-electron chi connectivity index (χ4n) is 2.45. The zero-order valence-electron chi connectivity index (χ0n) is 9.05. The summed E-state index contributed by atoms with van der Waals surface area (Å²) in [5.41, 5.74) is 0. The van der Waals surface area contributed by atoms with Crippen LogP contribution in [0.1, 0.15) is 39.5 Å². The first kappa shape index (κ1) is 10.8. The van der Waals surface area contributed by atoms with Crippen LogP contribution in [-0.4, -0.2) is 12.6 Å². The first-order valence-electron chi connectivity index (χ1n) is 5.60. The second kappa shape index (κ2) is 5.43. The van der Waals surface area contributed by atoms with E-state index in [0.29, 0.717) is 0 Å². The third kappa shape index (κ3) is 3.15. The van der Waals surface area contributed by atoms with E-state index < -0.39 is 0 Å². The van der Waals surface area contributed by atoms with Gasteiger partial charge in [-0.2, -0.15) is 0 Å². The molecule has 1 rings (SSSR count). The predicted molar refractivity (Wildman–Crippen MR) is 58.8 cm³/mol. The lowest BCUT2D eigenvalue weighted by molar-refractivity contribution is 0.210. The van der Waals surface area contributed by atoms with Gasteiger partial charge in [0.25, 0.3) is 0 Å². The maximum absolute atomic E-state index is 3.75. The van der Waals surface area contributed by atoms with Gasteiger partial charge in [0, 0.05) is 12.6 Å². The van der Waals surface area contributed by atoms with Crippen LogP contribution in [0, 0.1) is 11.8 Å². The second-order valence-electron chi connectivity index (χ2n) is 4.50. The smallest absolute Gasteiger partial charge is 0.0134 e. The van der Waals surface area contributed by atoms with Crippen LogP contribution in [-0.2, 0) is 0 Å². The molecule has 1 N–H and O–H groups in total. The minimum Gasteiger partial charge on any atom is -0.310 e. The van der Waals surface area contributed by atoms with Crippen molar-refractivity contribution in [3.8, 4) is 0 Å². The maximum atomic E-state index is 3.75. The van der Waals surface area contributed by atoms with E-state index in [4.69, 9.17) is 0 Å². The lowest BCUT2D eigenvalue weighted by Crippen LogP contribution is -2.40. The SMILES string of the molecule is C=CCNC1CCCCC1C(C)C. The Kier molecular flexibility index (Phi) is 4.51. The molecule has 1 saturated carbocycles. The van der Waals surface area contributed by atoms with Crippen LogP contribution < -0.4 is 5.32 Å². The van der Waals surface area contributed by atoms with Crippen LogP contribution in [0.4, 0.5) is 0 Å². The molecule has 0 aromatic heterocycles. The Morgan fingerprint density at radius 2 is 2.08 bits per heavy atom. The highest BCUT2D eigenvalue weighted by Crippen LogP contribution is 2.29. The molecule has 1 aliphatic rings. The molecule has 2 unspecified atom stereocenters.